The molecule has 1 saturated heterocycles. The maximum Gasteiger partial charge on any atom is 0.220 e. The second kappa shape index (κ2) is 4.03. The molecule has 2 heterocycles. The summed E-state index contributed by atoms with van der Waals surface area (Å²) < 4.78 is 1.72. The van der Waals surface area contributed by atoms with Gasteiger partial charge in [-0.25, -0.2) is 0 Å². The molecule has 1 aliphatic rings. The Balaban J connectivity index is 1.97. The van der Waals surface area contributed by atoms with Crippen LogP contribution in [0.1, 0.15) is 18.5 Å². The minimum atomic E-state index is 0.126. The highest BCUT2D eigenvalue weighted by Crippen LogP contribution is 2.21. The number of aromatic nitrogens is 2. The summed E-state index contributed by atoms with van der Waals surface area (Å²) in [5, 5.41) is 10.3. The van der Waals surface area contributed by atoms with Crippen molar-refractivity contribution in [3.8, 4) is 0 Å². The number of carbonyl (C=O) groups is 1. The Morgan fingerprint density at radius 2 is 2.44 bits per heavy atom. The third-order valence-corrected chi connectivity index (χ3v) is 2.87. The third kappa shape index (κ3) is 1.95. The number of aryl methyl sites for hydroxylation is 2. The van der Waals surface area contributed by atoms with Crippen molar-refractivity contribution < 1.29 is 4.79 Å². The molecular weight excluding hydrogens is 206 g/mol. The van der Waals surface area contributed by atoms with Crippen molar-refractivity contribution in [1.82, 2.24) is 15.1 Å². The first-order valence-electron chi connectivity index (χ1n) is 5.40. The first-order valence-corrected chi connectivity index (χ1v) is 5.40. The number of nitrogen functional groups attached to an aromatic ring is 1. The van der Waals surface area contributed by atoms with Crippen LogP contribution in [-0.2, 0) is 11.8 Å². The van der Waals surface area contributed by atoms with Crippen molar-refractivity contribution in [1.29, 1.82) is 0 Å². The largest absolute Gasteiger partial charge is 0.394 e. The molecular formula is C10H17N5O. The van der Waals surface area contributed by atoms with Crippen LogP contribution in [0.5, 0.6) is 0 Å². The smallest absolute Gasteiger partial charge is 0.220 e. The molecule has 1 aromatic heterocycles. The summed E-state index contributed by atoms with van der Waals surface area (Å²) in [6, 6.07) is 0.196. The summed E-state index contributed by atoms with van der Waals surface area (Å²) in [5.74, 6) is 0.944. The van der Waals surface area contributed by atoms with E-state index in [1.807, 2.05) is 14.0 Å². The van der Waals surface area contributed by atoms with E-state index < -0.39 is 0 Å². The summed E-state index contributed by atoms with van der Waals surface area (Å²) in [7, 11) is 1.85. The fourth-order valence-electron chi connectivity index (χ4n) is 1.93. The lowest BCUT2D eigenvalue weighted by atomic mass is 10.2. The van der Waals surface area contributed by atoms with E-state index in [1.54, 1.807) is 4.68 Å². The Morgan fingerprint density at radius 3 is 2.94 bits per heavy atom. The van der Waals surface area contributed by atoms with Crippen molar-refractivity contribution in [2.24, 2.45) is 7.05 Å². The Hall–Kier alpha value is -1.72. The van der Waals surface area contributed by atoms with Crippen molar-refractivity contribution in [3.05, 3.63) is 5.69 Å². The Labute approximate surface area is 94.2 Å². The molecule has 0 aromatic carbocycles. The average molecular weight is 223 g/mol. The zero-order chi connectivity index (χ0) is 11.7. The number of carbonyl (C=O) groups excluding carboxylic acids is 1. The zero-order valence-corrected chi connectivity index (χ0v) is 9.58. The van der Waals surface area contributed by atoms with E-state index in [0.29, 0.717) is 18.7 Å². The van der Waals surface area contributed by atoms with Gasteiger partial charge in [-0.2, -0.15) is 5.10 Å². The maximum absolute atomic E-state index is 11.0. The predicted molar refractivity (Wildman–Crippen MR) is 62.0 cm³/mol. The summed E-state index contributed by atoms with van der Waals surface area (Å²) in [5.41, 5.74) is 7.38. The van der Waals surface area contributed by atoms with E-state index in [2.05, 4.69) is 15.7 Å². The van der Waals surface area contributed by atoms with E-state index in [4.69, 9.17) is 5.73 Å². The number of nitrogens with one attached hydrogen (secondary N) is 2. The molecule has 0 saturated carbocycles. The van der Waals surface area contributed by atoms with Gasteiger partial charge in [0, 0.05) is 26.1 Å². The highest BCUT2D eigenvalue weighted by Gasteiger charge is 2.21. The standard InChI is InChI=1S/C10H17N5O/c1-6-9(11)10(15(2)14-6)12-5-7-3-4-8(16)13-7/h7,12H,3-5,11H2,1-2H3,(H,13,16). The number of anilines is 2. The second-order valence-electron chi connectivity index (χ2n) is 4.16. The topological polar surface area (TPSA) is 85.0 Å². The van der Waals surface area contributed by atoms with Gasteiger partial charge in [-0.3, -0.25) is 9.48 Å². The highest BCUT2D eigenvalue weighted by atomic mass is 16.1. The van der Waals surface area contributed by atoms with Gasteiger partial charge in [0.25, 0.3) is 0 Å². The van der Waals surface area contributed by atoms with E-state index in [0.717, 1.165) is 17.9 Å². The SMILES string of the molecule is Cc1nn(C)c(NCC2CCC(=O)N2)c1N. The van der Waals surface area contributed by atoms with Gasteiger partial charge in [0.15, 0.2) is 0 Å². The first-order chi connectivity index (χ1) is 7.58. The van der Waals surface area contributed by atoms with E-state index in [9.17, 15) is 4.79 Å². The zero-order valence-electron chi connectivity index (χ0n) is 9.58. The van der Waals surface area contributed by atoms with Gasteiger partial charge in [0.1, 0.15) is 5.82 Å². The predicted octanol–water partition coefficient (Wildman–Crippen LogP) is 0.00122. The number of rotatable bonds is 3. The van der Waals surface area contributed by atoms with Gasteiger partial charge >= 0.3 is 0 Å². The molecule has 0 aliphatic carbocycles. The van der Waals surface area contributed by atoms with Crippen LogP contribution in [0.3, 0.4) is 0 Å². The molecule has 1 aromatic rings. The second-order valence-corrected chi connectivity index (χ2v) is 4.16. The normalized spacial score (nSPS) is 19.9. The van der Waals surface area contributed by atoms with Crippen molar-refractivity contribution >= 4 is 17.4 Å². The van der Waals surface area contributed by atoms with E-state index >= 15 is 0 Å². The van der Waals surface area contributed by atoms with Crippen LogP contribution in [0.4, 0.5) is 11.5 Å². The number of hydrogen-bond acceptors (Lipinski definition) is 4. The van der Waals surface area contributed by atoms with Crippen molar-refractivity contribution in [3.63, 3.8) is 0 Å². The number of amides is 1. The van der Waals surface area contributed by atoms with Crippen LogP contribution in [-0.4, -0.2) is 28.3 Å². The molecule has 0 bridgehead atoms. The summed E-state index contributed by atoms with van der Waals surface area (Å²) in [4.78, 5) is 11.0. The molecule has 4 N–H and O–H groups in total. The van der Waals surface area contributed by atoms with Crippen LogP contribution in [0.25, 0.3) is 0 Å². The molecule has 1 fully saturated rings. The van der Waals surface area contributed by atoms with Crippen LogP contribution >= 0.6 is 0 Å². The lowest BCUT2D eigenvalue weighted by Crippen LogP contribution is -2.32. The van der Waals surface area contributed by atoms with Gasteiger partial charge in [-0.05, 0) is 13.3 Å². The van der Waals surface area contributed by atoms with Gasteiger partial charge in [0.05, 0.1) is 11.4 Å². The lowest BCUT2D eigenvalue weighted by Gasteiger charge is -2.12. The third-order valence-electron chi connectivity index (χ3n) is 2.87. The molecule has 88 valence electrons. The van der Waals surface area contributed by atoms with Crippen LogP contribution in [0, 0.1) is 6.92 Å². The van der Waals surface area contributed by atoms with Crippen LogP contribution in [0.2, 0.25) is 0 Å². The van der Waals surface area contributed by atoms with E-state index in [1.165, 1.54) is 0 Å². The Kier molecular flexibility index (Phi) is 2.72. The van der Waals surface area contributed by atoms with Crippen LogP contribution in [0.15, 0.2) is 0 Å². The average Bonchev–Trinajstić information content (AvgIpc) is 2.72. The molecule has 0 spiro atoms. The molecule has 1 aliphatic heterocycles. The number of hydrogen-bond donors (Lipinski definition) is 3. The van der Waals surface area contributed by atoms with Gasteiger partial charge in [-0.15, -0.1) is 0 Å². The monoisotopic (exact) mass is 223 g/mol. The van der Waals surface area contributed by atoms with Crippen molar-refractivity contribution in [2.75, 3.05) is 17.6 Å². The quantitative estimate of drug-likeness (QED) is 0.673. The van der Waals surface area contributed by atoms with E-state index in [-0.39, 0.29) is 11.9 Å². The van der Waals surface area contributed by atoms with Crippen LogP contribution < -0.4 is 16.4 Å². The molecule has 1 unspecified atom stereocenters. The van der Waals surface area contributed by atoms with Gasteiger partial charge in [-0.1, -0.05) is 0 Å². The number of nitrogens with zero attached hydrogens (tertiary/aromatic N) is 2. The molecule has 2 rings (SSSR count). The molecule has 0 radical (unpaired) electrons. The molecule has 1 amide bonds. The number of nitrogens with two attached hydrogens (primary N) is 1. The maximum atomic E-state index is 11.0. The Morgan fingerprint density at radius 1 is 1.69 bits per heavy atom. The minimum Gasteiger partial charge on any atom is -0.394 e. The van der Waals surface area contributed by atoms with Gasteiger partial charge in [0.2, 0.25) is 5.91 Å². The summed E-state index contributed by atoms with van der Waals surface area (Å²) in [6.45, 7) is 2.56. The fraction of sp³-hybridized carbons (Fsp3) is 0.600. The Bertz CT molecular complexity index is 412. The molecule has 1 atom stereocenters. The molecule has 6 nitrogen and oxygen atoms in total. The lowest BCUT2D eigenvalue weighted by molar-refractivity contribution is -0.119. The fourth-order valence-corrected chi connectivity index (χ4v) is 1.93. The molecule has 6 heteroatoms. The van der Waals surface area contributed by atoms with Gasteiger partial charge < -0.3 is 16.4 Å². The summed E-state index contributed by atoms with van der Waals surface area (Å²) >= 11 is 0. The van der Waals surface area contributed by atoms with Crippen molar-refractivity contribution in [2.45, 2.75) is 25.8 Å². The highest BCUT2D eigenvalue weighted by molar-refractivity contribution is 5.78. The molecule has 16 heavy (non-hydrogen) atoms. The minimum absolute atomic E-state index is 0.126. The first kappa shape index (κ1) is 10.8. The summed E-state index contributed by atoms with van der Waals surface area (Å²) in [6.07, 6.45) is 1.49.